The topological polar surface area (TPSA) is 86.5 Å². The highest BCUT2D eigenvalue weighted by atomic mass is 16.5. The molecule has 2 aliphatic heterocycles. The van der Waals surface area contributed by atoms with E-state index in [1.165, 1.54) is 18.4 Å². The van der Waals surface area contributed by atoms with Crippen molar-refractivity contribution in [1.29, 1.82) is 0 Å². The molecule has 0 bridgehead atoms. The first-order valence-corrected chi connectivity index (χ1v) is 13.3. The molecule has 7 heteroatoms. The normalized spacial score (nSPS) is 20.1. The number of H-pyrrole nitrogens is 1. The minimum atomic E-state index is -0.0982. The molecule has 3 aliphatic rings. The van der Waals surface area contributed by atoms with Gasteiger partial charge in [0, 0.05) is 48.1 Å². The molecule has 7 nitrogen and oxygen atoms in total. The molecule has 3 heterocycles. The number of benzene rings is 1. The van der Waals surface area contributed by atoms with Crippen molar-refractivity contribution in [2.45, 2.75) is 71.9 Å². The van der Waals surface area contributed by atoms with Crippen LogP contribution >= 0.6 is 0 Å². The zero-order chi connectivity index (χ0) is 25.4. The minimum Gasteiger partial charge on any atom is -0.493 e. The van der Waals surface area contributed by atoms with Gasteiger partial charge in [0.15, 0.2) is 0 Å². The summed E-state index contributed by atoms with van der Waals surface area (Å²) in [4.78, 5) is 30.9. The summed E-state index contributed by atoms with van der Waals surface area (Å²) in [7, 11) is 0. The molecule has 5 rings (SSSR count). The van der Waals surface area contributed by atoms with E-state index < -0.39 is 0 Å². The Balaban J connectivity index is 1.38. The molecule has 2 amide bonds. The van der Waals surface area contributed by atoms with Crippen LogP contribution in [-0.4, -0.2) is 47.4 Å². The molecule has 1 aliphatic carbocycles. The van der Waals surface area contributed by atoms with E-state index in [2.05, 4.69) is 46.8 Å². The predicted octanol–water partition coefficient (Wildman–Crippen LogP) is 4.36. The van der Waals surface area contributed by atoms with Crippen LogP contribution in [0.25, 0.3) is 5.57 Å². The number of rotatable bonds is 7. The van der Waals surface area contributed by atoms with E-state index in [1.807, 2.05) is 25.7 Å². The molecule has 1 atom stereocenters. The number of piperidine rings is 1. The second-order valence-electron chi connectivity index (χ2n) is 10.6. The van der Waals surface area contributed by atoms with Gasteiger partial charge in [-0.3, -0.25) is 9.59 Å². The van der Waals surface area contributed by atoms with E-state index in [0.717, 1.165) is 53.4 Å². The summed E-state index contributed by atoms with van der Waals surface area (Å²) in [6.07, 6.45) is 4.58. The Bertz CT molecular complexity index is 1190. The van der Waals surface area contributed by atoms with Crippen LogP contribution in [0.5, 0.6) is 5.75 Å². The van der Waals surface area contributed by atoms with Gasteiger partial charge in [-0.05, 0) is 70.6 Å². The van der Waals surface area contributed by atoms with Gasteiger partial charge in [-0.2, -0.15) is 0 Å². The number of likely N-dealkylation sites (tertiary alicyclic amines) is 1. The third-order valence-electron chi connectivity index (χ3n) is 7.64. The molecule has 1 saturated heterocycles. The lowest BCUT2D eigenvalue weighted by Gasteiger charge is -2.33. The summed E-state index contributed by atoms with van der Waals surface area (Å²) in [5.74, 6) is 1.69. The van der Waals surface area contributed by atoms with Crippen molar-refractivity contribution in [2.24, 2.45) is 5.92 Å². The Morgan fingerprint density at radius 2 is 1.81 bits per heavy atom. The number of hydrogen-bond donors (Lipinski definition) is 3. The Morgan fingerprint density at radius 3 is 2.50 bits per heavy atom. The number of carbonyl (C=O) groups is 2. The van der Waals surface area contributed by atoms with Crippen molar-refractivity contribution in [3.63, 3.8) is 0 Å². The Hall–Kier alpha value is -3.22. The highest BCUT2D eigenvalue weighted by molar-refractivity contribution is 6.20. The fraction of sp³-hybridized carbons (Fsp3) is 0.517. The first kappa shape index (κ1) is 24.5. The minimum absolute atomic E-state index is 0.0649. The first-order valence-electron chi connectivity index (χ1n) is 13.3. The summed E-state index contributed by atoms with van der Waals surface area (Å²) >= 11 is 0. The largest absolute Gasteiger partial charge is 0.493 e. The second kappa shape index (κ2) is 10.0. The lowest BCUT2D eigenvalue weighted by atomic mass is 9.89. The smallest absolute Gasteiger partial charge is 0.255 e. The van der Waals surface area contributed by atoms with Gasteiger partial charge in [-0.1, -0.05) is 18.6 Å². The molecular weight excluding hydrogens is 452 g/mol. The molecule has 2 fully saturated rings. The number of hydrogen-bond acceptors (Lipinski definition) is 4. The van der Waals surface area contributed by atoms with E-state index >= 15 is 0 Å². The zero-order valence-corrected chi connectivity index (χ0v) is 21.9. The zero-order valence-electron chi connectivity index (χ0n) is 21.9. The SMILES string of the molecule is CCC(=O)N1CCC(NC(=O)C2=C(C)NC(c3cc(C)ccc3OCC3CC3)c3cc(C)[nH]c32)CC1. The van der Waals surface area contributed by atoms with Crippen LogP contribution in [-0.2, 0) is 9.59 Å². The predicted molar refractivity (Wildman–Crippen MR) is 141 cm³/mol. The quantitative estimate of drug-likeness (QED) is 0.538. The standard InChI is InChI=1S/C29H38N4O3/c1-5-25(34)33-12-10-21(11-13-33)32-29(35)26-19(4)31-27(23-15-18(3)30-28(23)26)22-14-17(2)6-9-24(22)36-16-20-7-8-20/h6,9,14-15,20-21,27,30-31H,5,7-8,10-13,16H2,1-4H3,(H,32,35). The average Bonchev–Trinajstić information content (AvgIpc) is 3.61. The maximum atomic E-state index is 13.5. The molecule has 2 aromatic rings. The number of fused-ring (bicyclic) bond motifs is 1. The highest BCUT2D eigenvalue weighted by Gasteiger charge is 2.34. The van der Waals surface area contributed by atoms with Crippen LogP contribution in [0.2, 0.25) is 0 Å². The number of aromatic amines is 1. The number of nitrogens with zero attached hydrogens (tertiary/aromatic N) is 1. The third kappa shape index (κ3) is 5.01. The monoisotopic (exact) mass is 490 g/mol. The van der Waals surface area contributed by atoms with E-state index in [1.54, 1.807) is 0 Å². The van der Waals surface area contributed by atoms with Crippen LogP contribution < -0.4 is 15.4 Å². The van der Waals surface area contributed by atoms with Gasteiger partial charge in [-0.25, -0.2) is 0 Å². The van der Waals surface area contributed by atoms with Gasteiger partial charge in [0.2, 0.25) is 5.91 Å². The van der Waals surface area contributed by atoms with Crippen molar-refractivity contribution in [3.05, 3.63) is 58.0 Å². The van der Waals surface area contributed by atoms with Gasteiger partial charge in [0.05, 0.1) is 23.9 Å². The van der Waals surface area contributed by atoms with Crippen molar-refractivity contribution < 1.29 is 14.3 Å². The van der Waals surface area contributed by atoms with Crippen LogP contribution in [0.1, 0.15) is 80.1 Å². The van der Waals surface area contributed by atoms with Crippen LogP contribution in [0.4, 0.5) is 0 Å². The van der Waals surface area contributed by atoms with Crippen molar-refractivity contribution in [3.8, 4) is 5.75 Å². The lowest BCUT2D eigenvalue weighted by Crippen LogP contribution is -2.47. The van der Waals surface area contributed by atoms with Crippen LogP contribution in [0.3, 0.4) is 0 Å². The van der Waals surface area contributed by atoms with E-state index in [0.29, 0.717) is 31.0 Å². The van der Waals surface area contributed by atoms with Crippen molar-refractivity contribution >= 4 is 17.4 Å². The van der Waals surface area contributed by atoms with Gasteiger partial charge in [-0.15, -0.1) is 0 Å². The van der Waals surface area contributed by atoms with Crippen LogP contribution in [0.15, 0.2) is 30.0 Å². The van der Waals surface area contributed by atoms with Gasteiger partial charge in [0.25, 0.3) is 5.91 Å². The number of ether oxygens (including phenoxy) is 1. The molecule has 3 N–H and O–H groups in total. The molecule has 1 aromatic heterocycles. The number of allylic oxidation sites excluding steroid dienone is 1. The molecule has 1 aromatic carbocycles. The number of aromatic nitrogens is 1. The summed E-state index contributed by atoms with van der Waals surface area (Å²) in [6, 6.07) is 8.46. The molecule has 1 saturated carbocycles. The van der Waals surface area contributed by atoms with Crippen LogP contribution in [0, 0.1) is 19.8 Å². The molecule has 0 spiro atoms. The fourth-order valence-corrected chi connectivity index (χ4v) is 5.40. The van der Waals surface area contributed by atoms with Gasteiger partial charge < -0.3 is 25.3 Å². The number of carbonyl (C=O) groups excluding carboxylic acids is 2. The van der Waals surface area contributed by atoms with Gasteiger partial charge >= 0.3 is 0 Å². The number of nitrogens with one attached hydrogen (secondary N) is 3. The molecule has 0 radical (unpaired) electrons. The van der Waals surface area contributed by atoms with Crippen molar-refractivity contribution in [2.75, 3.05) is 19.7 Å². The lowest BCUT2D eigenvalue weighted by molar-refractivity contribution is -0.132. The van der Waals surface area contributed by atoms with Gasteiger partial charge in [0.1, 0.15) is 5.75 Å². The first-order chi connectivity index (χ1) is 17.3. The van der Waals surface area contributed by atoms with E-state index in [4.69, 9.17) is 4.74 Å². The van der Waals surface area contributed by atoms with E-state index in [9.17, 15) is 9.59 Å². The Morgan fingerprint density at radius 1 is 1.06 bits per heavy atom. The fourth-order valence-electron chi connectivity index (χ4n) is 5.40. The summed E-state index contributed by atoms with van der Waals surface area (Å²) in [6.45, 7) is 10.1. The molecular formula is C29H38N4O3. The highest BCUT2D eigenvalue weighted by Crippen LogP contribution is 2.40. The Labute approximate surface area is 213 Å². The Kier molecular flexibility index (Phi) is 6.82. The average molecular weight is 491 g/mol. The molecule has 36 heavy (non-hydrogen) atoms. The molecule has 1 unspecified atom stereocenters. The number of aryl methyl sites for hydroxylation is 2. The summed E-state index contributed by atoms with van der Waals surface area (Å²) in [5.41, 5.74) is 6.74. The van der Waals surface area contributed by atoms with Crippen molar-refractivity contribution in [1.82, 2.24) is 20.5 Å². The third-order valence-corrected chi connectivity index (χ3v) is 7.64. The maximum Gasteiger partial charge on any atom is 0.255 e. The maximum absolute atomic E-state index is 13.5. The summed E-state index contributed by atoms with van der Waals surface area (Å²) in [5, 5.41) is 6.88. The second-order valence-corrected chi connectivity index (χ2v) is 10.6. The summed E-state index contributed by atoms with van der Waals surface area (Å²) < 4.78 is 6.26. The molecule has 192 valence electrons. The number of amides is 2. The van der Waals surface area contributed by atoms with E-state index in [-0.39, 0.29) is 23.9 Å².